The summed E-state index contributed by atoms with van der Waals surface area (Å²) in [7, 11) is 0. The van der Waals surface area contributed by atoms with E-state index < -0.39 is 0 Å². The Morgan fingerprint density at radius 1 is 0.304 bits per heavy atom. The predicted molar refractivity (Wildman–Crippen MR) is 236 cm³/mol. The molecule has 0 N–H and O–H groups in total. The normalized spacial score (nSPS) is 11.6. The molecule has 0 atom stereocenters. The lowest BCUT2D eigenvalue weighted by molar-refractivity contribution is 1.24. The Labute approximate surface area is 331 Å². The molecule has 262 valence electrons. The summed E-state index contributed by atoms with van der Waals surface area (Å²) < 4.78 is 4.60. The largest absolute Gasteiger partial charge is 0.226 e. The molecule has 0 saturated heterocycles. The van der Waals surface area contributed by atoms with E-state index in [1.165, 1.54) is 9.40 Å². The van der Waals surface area contributed by atoms with Gasteiger partial charge in [0, 0.05) is 42.4 Å². The fraction of sp³-hybridized carbons (Fsp3) is 0. The molecule has 0 spiro atoms. The van der Waals surface area contributed by atoms with Crippen LogP contribution in [0.2, 0.25) is 0 Å². The summed E-state index contributed by atoms with van der Waals surface area (Å²) in [4.78, 5) is 21.1. The van der Waals surface area contributed by atoms with Gasteiger partial charge in [-0.25, -0.2) is 19.9 Å². The first-order chi connectivity index (χ1) is 27.8. The molecular formula is C50H30N4S2. The first-order valence-corrected chi connectivity index (χ1v) is 20.2. The Kier molecular flexibility index (Phi) is 7.83. The summed E-state index contributed by atoms with van der Waals surface area (Å²) in [6.45, 7) is 0. The van der Waals surface area contributed by atoms with Crippen LogP contribution in [0.15, 0.2) is 182 Å². The molecule has 4 heterocycles. The second-order valence-electron chi connectivity index (χ2n) is 13.7. The SMILES string of the molecule is c1ccc(-c2nc(-c3cccc(-c4ccccc4-c4ccccc4-c4nc(-c5ccccc5)c5sc6ccccc6c5n4)c3)c3sc4ccccc4c3n2)cc1. The van der Waals surface area contributed by atoms with E-state index in [0.717, 1.165) is 92.9 Å². The number of nitrogens with zero attached hydrogens (tertiary/aromatic N) is 4. The second-order valence-corrected chi connectivity index (χ2v) is 15.9. The zero-order valence-corrected chi connectivity index (χ0v) is 31.6. The van der Waals surface area contributed by atoms with Crippen LogP contribution in [-0.4, -0.2) is 19.9 Å². The van der Waals surface area contributed by atoms with Gasteiger partial charge in [0.25, 0.3) is 0 Å². The Morgan fingerprint density at radius 3 is 1.41 bits per heavy atom. The van der Waals surface area contributed by atoms with E-state index >= 15 is 0 Å². The average Bonchev–Trinajstić information content (AvgIpc) is 3.85. The Morgan fingerprint density at radius 2 is 0.750 bits per heavy atom. The molecule has 7 aromatic carbocycles. The fourth-order valence-electron chi connectivity index (χ4n) is 7.72. The van der Waals surface area contributed by atoms with Crippen molar-refractivity contribution >= 4 is 63.3 Å². The number of rotatable bonds is 6. The first kappa shape index (κ1) is 32.6. The van der Waals surface area contributed by atoms with E-state index in [1.807, 2.05) is 24.3 Å². The molecule has 4 nitrogen and oxygen atoms in total. The zero-order chi connectivity index (χ0) is 37.0. The molecule has 0 saturated carbocycles. The van der Waals surface area contributed by atoms with E-state index in [2.05, 4.69) is 158 Å². The van der Waals surface area contributed by atoms with Crippen molar-refractivity contribution in [2.24, 2.45) is 0 Å². The summed E-state index contributed by atoms with van der Waals surface area (Å²) in [6.07, 6.45) is 0. The first-order valence-electron chi connectivity index (χ1n) is 18.6. The number of hydrogen-bond donors (Lipinski definition) is 0. The van der Waals surface area contributed by atoms with Crippen molar-refractivity contribution in [3.05, 3.63) is 182 Å². The van der Waals surface area contributed by atoms with E-state index in [0.29, 0.717) is 5.82 Å². The van der Waals surface area contributed by atoms with Crippen LogP contribution in [0.3, 0.4) is 0 Å². The predicted octanol–water partition coefficient (Wildman–Crippen LogP) is 14.0. The van der Waals surface area contributed by atoms with Gasteiger partial charge in [-0.15, -0.1) is 22.7 Å². The molecular weight excluding hydrogens is 721 g/mol. The Hall–Kier alpha value is -6.86. The van der Waals surface area contributed by atoms with Gasteiger partial charge in [0.2, 0.25) is 0 Å². The van der Waals surface area contributed by atoms with Crippen molar-refractivity contribution in [3.8, 4) is 67.5 Å². The molecule has 0 aliphatic rings. The molecule has 4 aromatic heterocycles. The van der Waals surface area contributed by atoms with Crippen molar-refractivity contribution < 1.29 is 0 Å². The van der Waals surface area contributed by atoms with Gasteiger partial charge in [-0.3, -0.25) is 0 Å². The van der Waals surface area contributed by atoms with Crippen LogP contribution >= 0.6 is 22.7 Å². The highest BCUT2D eigenvalue weighted by Gasteiger charge is 2.21. The summed E-state index contributed by atoms with van der Waals surface area (Å²) in [5.41, 5.74) is 12.4. The molecule has 6 heteroatoms. The monoisotopic (exact) mass is 750 g/mol. The van der Waals surface area contributed by atoms with Gasteiger partial charge >= 0.3 is 0 Å². The fourth-order valence-corrected chi connectivity index (χ4v) is 10.0. The summed E-state index contributed by atoms with van der Waals surface area (Å²) >= 11 is 3.51. The molecule has 0 radical (unpaired) electrons. The van der Waals surface area contributed by atoms with Gasteiger partial charge in [0.1, 0.15) is 0 Å². The van der Waals surface area contributed by atoms with Crippen LogP contribution in [-0.2, 0) is 0 Å². The second kappa shape index (κ2) is 13.5. The van der Waals surface area contributed by atoms with Gasteiger partial charge in [-0.1, -0.05) is 164 Å². The number of benzene rings is 7. The van der Waals surface area contributed by atoms with E-state index in [-0.39, 0.29) is 0 Å². The standard InChI is InChI=1S/C50H30N4S2/c1-3-16-31(17-4-1)43-47-46(40-27-12-14-29-42(40)55-47)54-50(52-43)38-25-10-9-24-37(38)36-23-8-7-22-35(36)33-20-15-21-34(30-33)44-48-45(39-26-11-13-28-41(39)56-48)53-49(51-44)32-18-5-2-6-19-32/h1-30H. The van der Waals surface area contributed by atoms with Crippen molar-refractivity contribution in [2.45, 2.75) is 0 Å². The van der Waals surface area contributed by atoms with Crippen LogP contribution in [0, 0.1) is 0 Å². The smallest absolute Gasteiger partial charge is 0.161 e. The summed E-state index contributed by atoms with van der Waals surface area (Å²) in [5.74, 6) is 1.43. The Balaban J connectivity index is 1.09. The topological polar surface area (TPSA) is 51.6 Å². The van der Waals surface area contributed by atoms with Gasteiger partial charge in [-0.2, -0.15) is 0 Å². The molecule has 11 aromatic rings. The number of aromatic nitrogens is 4. The van der Waals surface area contributed by atoms with Crippen LogP contribution in [0.1, 0.15) is 0 Å². The average molecular weight is 751 g/mol. The minimum Gasteiger partial charge on any atom is -0.226 e. The van der Waals surface area contributed by atoms with Crippen LogP contribution in [0.25, 0.3) is 108 Å². The molecule has 0 bridgehead atoms. The van der Waals surface area contributed by atoms with Crippen LogP contribution in [0.4, 0.5) is 0 Å². The molecule has 0 aliphatic carbocycles. The molecule has 11 rings (SSSR count). The maximum Gasteiger partial charge on any atom is 0.161 e. The third kappa shape index (κ3) is 5.50. The quantitative estimate of drug-likeness (QED) is 0.170. The van der Waals surface area contributed by atoms with Crippen molar-refractivity contribution in [2.75, 3.05) is 0 Å². The van der Waals surface area contributed by atoms with E-state index in [4.69, 9.17) is 19.9 Å². The van der Waals surface area contributed by atoms with Gasteiger partial charge in [0.15, 0.2) is 11.6 Å². The third-order valence-electron chi connectivity index (χ3n) is 10.4. The maximum atomic E-state index is 5.35. The van der Waals surface area contributed by atoms with E-state index in [1.54, 1.807) is 22.7 Å². The van der Waals surface area contributed by atoms with E-state index in [9.17, 15) is 0 Å². The maximum absolute atomic E-state index is 5.35. The minimum atomic E-state index is 0.709. The minimum absolute atomic E-state index is 0.709. The third-order valence-corrected chi connectivity index (χ3v) is 12.7. The van der Waals surface area contributed by atoms with Crippen LogP contribution < -0.4 is 0 Å². The molecule has 56 heavy (non-hydrogen) atoms. The molecule has 0 unspecified atom stereocenters. The highest BCUT2D eigenvalue weighted by molar-refractivity contribution is 7.26. The molecule has 0 amide bonds. The number of hydrogen-bond acceptors (Lipinski definition) is 6. The van der Waals surface area contributed by atoms with Gasteiger partial charge in [-0.05, 0) is 40.5 Å². The summed E-state index contributed by atoms with van der Waals surface area (Å²) in [5, 5.41) is 2.30. The van der Waals surface area contributed by atoms with Gasteiger partial charge in [0.05, 0.1) is 31.8 Å². The highest BCUT2D eigenvalue weighted by Crippen LogP contribution is 2.44. The van der Waals surface area contributed by atoms with Crippen molar-refractivity contribution in [1.82, 2.24) is 19.9 Å². The summed E-state index contributed by atoms with van der Waals surface area (Å²) in [6, 6.07) is 63.7. The lowest BCUT2D eigenvalue weighted by Gasteiger charge is -2.15. The highest BCUT2D eigenvalue weighted by atomic mass is 32.1. The van der Waals surface area contributed by atoms with Gasteiger partial charge < -0.3 is 0 Å². The lowest BCUT2D eigenvalue weighted by Crippen LogP contribution is -1.96. The lowest BCUT2D eigenvalue weighted by atomic mass is 9.90. The Bertz CT molecular complexity index is 3260. The molecule has 0 fully saturated rings. The number of fused-ring (bicyclic) bond motifs is 6. The number of thiophene rings is 2. The zero-order valence-electron chi connectivity index (χ0n) is 29.9. The van der Waals surface area contributed by atoms with Crippen molar-refractivity contribution in [1.29, 1.82) is 0 Å². The molecule has 0 aliphatic heterocycles. The van der Waals surface area contributed by atoms with Crippen LogP contribution in [0.5, 0.6) is 0 Å². The van der Waals surface area contributed by atoms with Crippen molar-refractivity contribution in [3.63, 3.8) is 0 Å².